The number of benzene rings is 1. The van der Waals surface area contributed by atoms with Crippen LogP contribution in [-0.4, -0.2) is 57.6 Å². The summed E-state index contributed by atoms with van der Waals surface area (Å²) in [4.78, 5) is 13.4. The topological polar surface area (TPSA) is 95.9 Å². The minimum absolute atomic E-state index is 0.0996. The van der Waals surface area contributed by atoms with Crippen LogP contribution in [0.25, 0.3) is 0 Å². The van der Waals surface area contributed by atoms with Crippen molar-refractivity contribution < 1.29 is 23.1 Å². The van der Waals surface area contributed by atoms with Crippen molar-refractivity contribution >= 4 is 27.3 Å². The van der Waals surface area contributed by atoms with Gasteiger partial charge in [0.05, 0.1) is 18.1 Å². The number of carbonyl (C=O) groups is 1. The molecule has 0 aliphatic heterocycles. The van der Waals surface area contributed by atoms with Crippen molar-refractivity contribution in [3.05, 3.63) is 52.2 Å². The quantitative estimate of drug-likeness (QED) is 0.667. The van der Waals surface area contributed by atoms with Crippen LogP contribution in [0.15, 0.2) is 46.7 Å². The second kappa shape index (κ2) is 9.24. The van der Waals surface area contributed by atoms with Crippen LogP contribution >= 0.6 is 11.3 Å². The number of rotatable bonds is 9. The highest BCUT2D eigenvalue weighted by Gasteiger charge is 2.18. The van der Waals surface area contributed by atoms with Gasteiger partial charge in [-0.3, -0.25) is 4.79 Å². The summed E-state index contributed by atoms with van der Waals surface area (Å²) in [6.45, 7) is 0.324. The van der Waals surface area contributed by atoms with Crippen molar-refractivity contribution in [3.8, 4) is 0 Å². The molecule has 1 aromatic heterocycles. The molecule has 0 aliphatic carbocycles. The number of hydrogen-bond acceptors (Lipinski definition) is 6. The van der Waals surface area contributed by atoms with Crippen molar-refractivity contribution in [3.63, 3.8) is 0 Å². The van der Waals surface area contributed by atoms with E-state index in [1.165, 1.54) is 49.7 Å². The van der Waals surface area contributed by atoms with Gasteiger partial charge in [-0.05, 0) is 35.7 Å². The zero-order valence-electron chi connectivity index (χ0n) is 14.6. The number of aliphatic hydroxyl groups is 1. The van der Waals surface area contributed by atoms with E-state index < -0.39 is 10.0 Å². The number of ether oxygens (including phenoxy) is 1. The van der Waals surface area contributed by atoms with Gasteiger partial charge in [0.25, 0.3) is 5.91 Å². The van der Waals surface area contributed by atoms with E-state index in [2.05, 4.69) is 5.32 Å². The highest BCUT2D eigenvalue weighted by Crippen LogP contribution is 2.22. The lowest BCUT2D eigenvalue weighted by Crippen LogP contribution is -2.29. The molecule has 1 heterocycles. The molecule has 7 nitrogen and oxygen atoms in total. The molecular formula is C17H22N2O5S2. The smallest absolute Gasteiger partial charge is 0.251 e. The van der Waals surface area contributed by atoms with Crippen LogP contribution < -0.4 is 5.32 Å². The highest BCUT2D eigenvalue weighted by atomic mass is 32.2. The lowest BCUT2D eigenvalue weighted by molar-refractivity contribution is 0.0296. The summed E-state index contributed by atoms with van der Waals surface area (Å²) in [5, 5.41) is 13.6. The van der Waals surface area contributed by atoms with E-state index in [0.29, 0.717) is 5.56 Å². The summed E-state index contributed by atoms with van der Waals surface area (Å²) in [6.07, 6.45) is -0.348. The molecule has 2 N–H and O–H groups in total. The SMILES string of the molecule is CN(C)S(=O)(=O)c1ccc(C(=O)NC[C@H](OCCO)c2cccs2)cc1. The Morgan fingerprint density at radius 1 is 1.27 bits per heavy atom. The number of aliphatic hydroxyl groups excluding tert-OH is 1. The van der Waals surface area contributed by atoms with Gasteiger partial charge in [-0.2, -0.15) is 0 Å². The minimum atomic E-state index is -3.53. The second-order valence-electron chi connectivity index (χ2n) is 5.62. The molecule has 0 unspecified atom stereocenters. The molecule has 2 rings (SSSR count). The van der Waals surface area contributed by atoms with Crippen LogP contribution in [0.5, 0.6) is 0 Å². The molecule has 142 valence electrons. The molecule has 0 fully saturated rings. The van der Waals surface area contributed by atoms with Crippen LogP contribution in [0, 0.1) is 0 Å². The van der Waals surface area contributed by atoms with Gasteiger partial charge in [0, 0.05) is 31.1 Å². The number of carbonyl (C=O) groups excluding carboxylic acids is 1. The van der Waals surface area contributed by atoms with E-state index in [9.17, 15) is 13.2 Å². The molecule has 0 saturated heterocycles. The second-order valence-corrected chi connectivity index (χ2v) is 8.75. The Morgan fingerprint density at radius 3 is 2.50 bits per heavy atom. The maximum absolute atomic E-state index is 12.3. The summed E-state index contributed by atoms with van der Waals surface area (Å²) in [5.74, 6) is -0.326. The molecule has 0 aliphatic rings. The van der Waals surface area contributed by atoms with E-state index in [-0.39, 0.29) is 36.7 Å². The minimum Gasteiger partial charge on any atom is -0.394 e. The first-order valence-electron chi connectivity index (χ1n) is 7.93. The van der Waals surface area contributed by atoms with Crippen LogP contribution in [0.1, 0.15) is 21.3 Å². The fourth-order valence-corrected chi connectivity index (χ4v) is 3.86. The molecule has 1 amide bonds. The van der Waals surface area contributed by atoms with Crippen molar-refractivity contribution in [2.24, 2.45) is 0 Å². The normalized spacial score (nSPS) is 12.9. The molecule has 1 atom stereocenters. The first kappa shape index (κ1) is 20.5. The number of nitrogens with zero attached hydrogens (tertiary/aromatic N) is 1. The number of thiophene rings is 1. The Labute approximate surface area is 157 Å². The third-order valence-electron chi connectivity index (χ3n) is 3.61. The molecule has 1 aromatic carbocycles. The van der Waals surface area contributed by atoms with Gasteiger partial charge in [0.1, 0.15) is 6.10 Å². The number of amides is 1. The van der Waals surface area contributed by atoms with E-state index >= 15 is 0 Å². The number of hydrogen-bond donors (Lipinski definition) is 2. The summed E-state index contributed by atoms with van der Waals surface area (Å²) in [5.41, 5.74) is 0.356. The van der Waals surface area contributed by atoms with Crippen molar-refractivity contribution in [1.29, 1.82) is 0 Å². The maximum atomic E-state index is 12.3. The molecule has 26 heavy (non-hydrogen) atoms. The first-order valence-corrected chi connectivity index (χ1v) is 10.2. The lowest BCUT2D eigenvalue weighted by atomic mass is 10.2. The molecule has 0 bridgehead atoms. The monoisotopic (exact) mass is 398 g/mol. The van der Waals surface area contributed by atoms with Crippen LogP contribution in [-0.2, 0) is 14.8 Å². The van der Waals surface area contributed by atoms with Crippen molar-refractivity contribution in [1.82, 2.24) is 9.62 Å². The van der Waals surface area contributed by atoms with E-state index in [0.717, 1.165) is 9.18 Å². The summed E-state index contributed by atoms with van der Waals surface area (Å²) < 4.78 is 30.8. The van der Waals surface area contributed by atoms with E-state index in [1.807, 2.05) is 17.5 Å². The Bertz CT molecular complexity index is 802. The highest BCUT2D eigenvalue weighted by molar-refractivity contribution is 7.89. The standard InChI is InChI=1S/C17H22N2O5S2/c1-19(2)26(22,23)14-7-5-13(6-8-14)17(21)18-12-15(24-10-9-20)16-4-3-11-25-16/h3-8,11,15,20H,9-10,12H2,1-2H3,(H,18,21)/t15-/m0/s1. The molecule has 0 spiro atoms. The predicted octanol–water partition coefficient (Wildman–Crippen LogP) is 1.48. The molecular weight excluding hydrogens is 376 g/mol. The van der Waals surface area contributed by atoms with E-state index in [1.54, 1.807) is 0 Å². The predicted molar refractivity (Wildman–Crippen MR) is 99.7 cm³/mol. The fourth-order valence-electron chi connectivity index (χ4n) is 2.19. The van der Waals surface area contributed by atoms with Crippen LogP contribution in [0.4, 0.5) is 0 Å². The Morgan fingerprint density at radius 2 is 1.96 bits per heavy atom. The van der Waals surface area contributed by atoms with Gasteiger partial charge >= 0.3 is 0 Å². The van der Waals surface area contributed by atoms with Gasteiger partial charge in [0.2, 0.25) is 10.0 Å². The van der Waals surface area contributed by atoms with Gasteiger partial charge in [-0.25, -0.2) is 12.7 Å². The molecule has 0 radical (unpaired) electrons. The first-order chi connectivity index (χ1) is 12.4. The maximum Gasteiger partial charge on any atom is 0.251 e. The zero-order valence-corrected chi connectivity index (χ0v) is 16.2. The average Bonchev–Trinajstić information content (AvgIpc) is 3.16. The molecule has 9 heteroatoms. The Hall–Kier alpha value is -1.78. The summed E-state index contributed by atoms with van der Waals surface area (Å²) >= 11 is 1.51. The summed E-state index contributed by atoms with van der Waals surface area (Å²) in [7, 11) is -0.623. The fraction of sp³-hybridized carbons (Fsp3) is 0.353. The third-order valence-corrected chi connectivity index (χ3v) is 6.41. The van der Waals surface area contributed by atoms with Gasteiger partial charge in [0.15, 0.2) is 0 Å². The van der Waals surface area contributed by atoms with Gasteiger partial charge in [-0.15, -0.1) is 11.3 Å². The lowest BCUT2D eigenvalue weighted by Gasteiger charge is -2.17. The van der Waals surface area contributed by atoms with Crippen LogP contribution in [0.2, 0.25) is 0 Å². The number of nitrogens with one attached hydrogen (secondary N) is 1. The molecule has 2 aromatic rings. The van der Waals surface area contributed by atoms with E-state index in [4.69, 9.17) is 9.84 Å². The van der Waals surface area contributed by atoms with Crippen molar-refractivity contribution in [2.75, 3.05) is 33.9 Å². The Balaban J connectivity index is 2.02. The summed E-state index contributed by atoms with van der Waals surface area (Å²) in [6, 6.07) is 9.55. The largest absolute Gasteiger partial charge is 0.394 e. The van der Waals surface area contributed by atoms with Crippen LogP contribution in [0.3, 0.4) is 0 Å². The van der Waals surface area contributed by atoms with Crippen molar-refractivity contribution in [2.45, 2.75) is 11.0 Å². The van der Waals surface area contributed by atoms with Gasteiger partial charge < -0.3 is 15.2 Å². The molecule has 0 saturated carbocycles. The zero-order chi connectivity index (χ0) is 19.2. The van der Waals surface area contributed by atoms with Gasteiger partial charge in [-0.1, -0.05) is 6.07 Å². The number of sulfonamides is 1. The third kappa shape index (κ3) is 5.12. The Kier molecular flexibility index (Phi) is 7.30. The average molecular weight is 399 g/mol.